The van der Waals surface area contributed by atoms with Gasteiger partial charge in [0.1, 0.15) is 5.78 Å². The standard InChI is InChI=1S/C11H17NOS/c1-4-5-10(13)6-7-11-12-8(2)9(3)14-11/h4-7H2,1-3H3. The highest BCUT2D eigenvalue weighted by molar-refractivity contribution is 7.11. The van der Waals surface area contributed by atoms with Crippen LogP contribution in [0.4, 0.5) is 0 Å². The molecule has 1 aromatic heterocycles. The van der Waals surface area contributed by atoms with Gasteiger partial charge in [0.15, 0.2) is 0 Å². The molecule has 0 aliphatic carbocycles. The van der Waals surface area contributed by atoms with Crippen LogP contribution in [0, 0.1) is 13.8 Å². The van der Waals surface area contributed by atoms with E-state index in [4.69, 9.17) is 0 Å². The molecule has 1 heterocycles. The third-order valence-electron chi connectivity index (χ3n) is 2.22. The summed E-state index contributed by atoms with van der Waals surface area (Å²) in [6.07, 6.45) is 3.14. The van der Waals surface area contributed by atoms with E-state index in [1.807, 2.05) is 13.8 Å². The van der Waals surface area contributed by atoms with Crippen LogP contribution in [0.1, 0.15) is 41.8 Å². The number of Topliss-reactive ketones (excluding diaryl/α,β-unsaturated/α-hetero) is 1. The van der Waals surface area contributed by atoms with Gasteiger partial charge in [0.05, 0.1) is 10.7 Å². The van der Waals surface area contributed by atoms with Crippen molar-refractivity contribution in [2.75, 3.05) is 0 Å². The number of carbonyl (C=O) groups is 1. The number of ketones is 1. The number of aromatic nitrogens is 1. The largest absolute Gasteiger partial charge is 0.300 e. The summed E-state index contributed by atoms with van der Waals surface area (Å²) in [5, 5.41) is 1.10. The number of carbonyl (C=O) groups excluding carboxylic acids is 1. The minimum absolute atomic E-state index is 0.359. The van der Waals surface area contributed by atoms with E-state index in [2.05, 4.69) is 11.9 Å². The van der Waals surface area contributed by atoms with Crippen molar-refractivity contribution in [2.45, 2.75) is 46.5 Å². The van der Waals surface area contributed by atoms with Crippen molar-refractivity contribution in [2.24, 2.45) is 0 Å². The fraction of sp³-hybridized carbons (Fsp3) is 0.636. The molecule has 0 bridgehead atoms. The molecule has 0 saturated heterocycles. The highest BCUT2D eigenvalue weighted by atomic mass is 32.1. The molecule has 3 heteroatoms. The molecule has 78 valence electrons. The van der Waals surface area contributed by atoms with Crippen LogP contribution < -0.4 is 0 Å². The molecule has 0 amide bonds. The molecular formula is C11H17NOS. The van der Waals surface area contributed by atoms with Crippen LogP contribution in [0.25, 0.3) is 0 Å². The van der Waals surface area contributed by atoms with Gasteiger partial charge >= 0.3 is 0 Å². The van der Waals surface area contributed by atoms with Crippen LogP contribution in [0.15, 0.2) is 0 Å². The van der Waals surface area contributed by atoms with E-state index < -0.39 is 0 Å². The summed E-state index contributed by atoms with van der Waals surface area (Å²) in [5.74, 6) is 0.359. The predicted octanol–water partition coefficient (Wildman–Crippen LogP) is 3.06. The van der Waals surface area contributed by atoms with Gasteiger partial charge in [-0.15, -0.1) is 11.3 Å². The van der Waals surface area contributed by atoms with E-state index in [0.717, 1.165) is 23.5 Å². The Morgan fingerprint density at radius 1 is 1.36 bits per heavy atom. The molecule has 14 heavy (non-hydrogen) atoms. The first kappa shape index (κ1) is 11.4. The first-order valence-electron chi connectivity index (χ1n) is 5.08. The Kier molecular flexibility index (Phi) is 4.26. The normalized spacial score (nSPS) is 10.5. The van der Waals surface area contributed by atoms with Crippen LogP contribution in [0.5, 0.6) is 0 Å². The summed E-state index contributed by atoms with van der Waals surface area (Å²) >= 11 is 1.71. The zero-order valence-electron chi connectivity index (χ0n) is 9.09. The van der Waals surface area contributed by atoms with Crippen LogP contribution in [-0.4, -0.2) is 10.8 Å². The molecule has 1 rings (SSSR count). The van der Waals surface area contributed by atoms with Crippen LogP contribution in [-0.2, 0) is 11.2 Å². The molecule has 0 N–H and O–H groups in total. The average molecular weight is 211 g/mol. The summed E-state index contributed by atoms with van der Waals surface area (Å²) in [7, 11) is 0. The summed E-state index contributed by atoms with van der Waals surface area (Å²) in [6.45, 7) is 6.13. The van der Waals surface area contributed by atoms with Gasteiger partial charge in [-0.25, -0.2) is 4.98 Å². The second-order valence-electron chi connectivity index (χ2n) is 3.54. The maximum Gasteiger partial charge on any atom is 0.133 e. The molecule has 2 nitrogen and oxygen atoms in total. The fourth-order valence-electron chi connectivity index (χ4n) is 1.30. The zero-order valence-corrected chi connectivity index (χ0v) is 9.91. The smallest absolute Gasteiger partial charge is 0.133 e. The van der Waals surface area contributed by atoms with Crippen molar-refractivity contribution < 1.29 is 4.79 Å². The number of rotatable bonds is 5. The minimum Gasteiger partial charge on any atom is -0.300 e. The highest BCUT2D eigenvalue weighted by Gasteiger charge is 2.06. The van der Waals surface area contributed by atoms with Gasteiger partial charge in [0, 0.05) is 24.1 Å². The molecule has 0 fully saturated rings. The Morgan fingerprint density at radius 2 is 2.07 bits per heavy atom. The van der Waals surface area contributed by atoms with E-state index >= 15 is 0 Å². The average Bonchev–Trinajstić information content (AvgIpc) is 2.44. The molecule has 0 radical (unpaired) electrons. The number of aryl methyl sites for hydroxylation is 3. The topological polar surface area (TPSA) is 30.0 Å². The number of thiazole rings is 1. The van der Waals surface area contributed by atoms with Crippen LogP contribution in [0.3, 0.4) is 0 Å². The van der Waals surface area contributed by atoms with Gasteiger partial charge in [-0.2, -0.15) is 0 Å². The van der Waals surface area contributed by atoms with Crippen molar-refractivity contribution in [3.05, 3.63) is 15.6 Å². The van der Waals surface area contributed by atoms with Crippen molar-refractivity contribution in [3.63, 3.8) is 0 Å². The van der Waals surface area contributed by atoms with Crippen molar-refractivity contribution in [3.8, 4) is 0 Å². The highest BCUT2D eigenvalue weighted by Crippen LogP contribution is 2.17. The molecule has 0 spiro atoms. The number of hydrogen-bond donors (Lipinski definition) is 0. The predicted molar refractivity (Wildman–Crippen MR) is 59.8 cm³/mol. The molecular weight excluding hydrogens is 194 g/mol. The Labute approximate surface area is 89.4 Å². The lowest BCUT2D eigenvalue weighted by Gasteiger charge is -1.95. The van der Waals surface area contributed by atoms with Gasteiger partial charge < -0.3 is 0 Å². The Bertz CT molecular complexity index is 298. The Morgan fingerprint density at radius 3 is 2.57 bits per heavy atom. The van der Waals surface area contributed by atoms with Gasteiger partial charge in [-0.05, 0) is 20.3 Å². The molecule has 0 atom stereocenters. The van der Waals surface area contributed by atoms with Crippen molar-refractivity contribution in [1.82, 2.24) is 4.98 Å². The van der Waals surface area contributed by atoms with E-state index in [1.165, 1.54) is 4.88 Å². The van der Waals surface area contributed by atoms with E-state index in [0.29, 0.717) is 18.6 Å². The monoisotopic (exact) mass is 211 g/mol. The zero-order chi connectivity index (χ0) is 10.6. The number of nitrogens with zero attached hydrogens (tertiary/aromatic N) is 1. The first-order valence-corrected chi connectivity index (χ1v) is 5.89. The van der Waals surface area contributed by atoms with Gasteiger partial charge in [-0.1, -0.05) is 6.92 Å². The Balaban J connectivity index is 2.42. The van der Waals surface area contributed by atoms with Gasteiger partial charge in [0.2, 0.25) is 0 Å². The molecule has 0 unspecified atom stereocenters. The SMILES string of the molecule is CCCC(=O)CCc1nc(C)c(C)s1. The number of hydrogen-bond acceptors (Lipinski definition) is 3. The van der Waals surface area contributed by atoms with E-state index in [9.17, 15) is 4.79 Å². The maximum absolute atomic E-state index is 11.3. The second-order valence-corrected chi connectivity index (χ2v) is 4.83. The molecule has 0 saturated carbocycles. The van der Waals surface area contributed by atoms with Crippen molar-refractivity contribution in [1.29, 1.82) is 0 Å². The van der Waals surface area contributed by atoms with Gasteiger partial charge in [-0.3, -0.25) is 4.79 Å². The first-order chi connectivity index (χ1) is 6.63. The third kappa shape index (κ3) is 3.22. The van der Waals surface area contributed by atoms with Crippen LogP contribution >= 0.6 is 11.3 Å². The molecule has 0 aliphatic rings. The quantitative estimate of drug-likeness (QED) is 0.749. The van der Waals surface area contributed by atoms with E-state index in [-0.39, 0.29) is 0 Å². The van der Waals surface area contributed by atoms with E-state index in [1.54, 1.807) is 11.3 Å². The van der Waals surface area contributed by atoms with Crippen molar-refractivity contribution >= 4 is 17.1 Å². The molecule has 0 aromatic carbocycles. The Hall–Kier alpha value is -0.700. The molecule has 1 aromatic rings. The lowest BCUT2D eigenvalue weighted by molar-refractivity contribution is -0.119. The minimum atomic E-state index is 0.359. The summed E-state index contributed by atoms with van der Waals surface area (Å²) in [4.78, 5) is 17.0. The fourth-order valence-corrected chi connectivity index (χ4v) is 2.23. The van der Waals surface area contributed by atoms with Crippen LogP contribution in [0.2, 0.25) is 0 Å². The third-order valence-corrected chi connectivity index (χ3v) is 3.35. The lowest BCUT2D eigenvalue weighted by atomic mass is 10.1. The lowest BCUT2D eigenvalue weighted by Crippen LogP contribution is -1.98. The summed E-state index contributed by atoms with van der Waals surface area (Å²) < 4.78 is 0. The summed E-state index contributed by atoms with van der Waals surface area (Å²) in [5.41, 5.74) is 1.10. The molecule has 0 aliphatic heterocycles. The van der Waals surface area contributed by atoms with Gasteiger partial charge in [0.25, 0.3) is 0 Å². The summed E-state index contributed by atoms with van der Waals surface area (Å²) in [6, 6.07) is 0. The second kappa shape index (κ2) is 5.25. The maximum atomic E-state index is 11.3.